The Morgan fingerprint density at radius 2 is 1.89 bits per heavy atom. The van der Waals surface area contributed by atoms with Gasteiger partial charge in [-0.15, -0.1) is 0 Å². The first-order valence-corrected chi connectivity index (χ1v) is 9.20. The highest BCUT2D eigenvalue weighted by atomic mass is 16.5. The van der Waals surface area contributed by atoms with Crippen LogP contribution in [-0.2, 0) is 4.74 Å². The molecule has 0 saturated carbocycles. The number of nitrogens with zero attached hydrogens (tertiary/aromatic N) is 6. The molecule has 0 amide bonds. The van der Waals surface area contributed by atoms with E-state index in [2.05, 4.69) is 16.6 Å². The summed E-state index contributed by atoms with van der Waals surface area (Å²) < 4.78 is 7.21. The van der Waals surface area contributed by atoms with Gasteiger partial charge in [-0.25, -0.2) is 4.68 Å². The van der Waals surface area contributed by atoms with Gasteiger partial charge in [-0.05, 0) is 26.0 Å². The predicted octanol–water partition coefficient (Wildman–Crippen LogP) is 2.65. The lowest BCUT2D eigenvalue weighted by Crippen LogP contribution is -2.37. The van der Waals surface area contributed by atoms with Crippen molar-refractivity contribution in [2.45, 2.75) is 13.8 Å². The normalized spacial score (nSPS) is 14.3. The number of rotatable bonds is 4. The molecule has 4 rings (SSSR count). The molecule has 0 aliphatic carbocycles. The number of benzene rings is 1. The summed E-state index contributed by atoms with van der Waals surface area (Å²) in [5.41, 5.74) is 10.3. The SMILES string of the molecule is C=Cc1c(N)cccc1-c1nc(N2CCOCC2)nc(-n2nc(C)cc2C)n1.[HH]. The maximum Gasteiger partial charge on any atom is 0.256 e. The summed E-state index contributed by atoms with van der Waals surface area (Å²) in [4.78, 5) is 16.2. The van der Waals surface area contributed by atoms with Crippen LogP contribution in [0, 0.1) is 13.8 Å². The Balaban J connectivity index is 0.00000240. The van der Waals surface area contributed by atoms with E-state index in [0.717, 1.165) is 35.6 Å². The first kappa shape index (κ1) is 18.1. The molecule has 1 fully saturated rings. The zero-order valence-electron chi connectivity index (χ0n) is 16.1. The fraction of sp³-hybridized carbons (Fsp3) is 0.300. The topological polar surface area (TPSA) is 95.0 Å². The summed E-state index contributed by atoms with van der Waals surface area (Å²) in [6.07, 6.45) is 1.73. The lowest BCUT2D eigenvalue weighted by Gasteiger charge is -2.27. The Kier molecular flexibility index (Phi) is 4.79. The van der Waals surface area contributed by atoms with Crippen LogP contribution in [0.5, 0.6) is 0 Å². The average Bonchev–Trinajstić information content (AvgIpc) is 3.06. The van der Waals surface area contributed by atoms with E-state index in [4.69, 9.17) is 25.4 Å². The number of morpholine rings is 1. The summed E-state index contributed by atoms with van der Waals surface area (Å²) in [6.45, 7) is 10.6. The van der Waals surface area contributed by atoms with E-state index in [9.17, 15) is 0 Å². The van der Waals surface area contributed by atoms with Crippen LogP contribution in [-0.4, -0.2) is 51.0 Å². The second-order valence-electron chi connectivity index (χ2n) is 6.71. The highest BCUT2D eigenvalue weighted by molar-refractivity contribution is 5.79. The van der Waals surface area contributed by atoms with Crippen molar-refractivity contribution in [2.75, 3.05) is 36.9 Å². The van der Waals surface area contributed by atoms with Gasteiger partial charge >= 0.3 is 0 Å². The third-order valence-corrected chi connectivity index (χ3v) is 4.69. The minimum absolute atomic E-state index is 0. The van der Waals surface area contributed by atoms with Gasteiger partial charge in [0.05, 0.1) is 18.9 Å². The summed E-state index contributed by atoms with van der Waals surface area (Å²) in [6, 6.07) is 7.66. The van der Waals surface area contributed by atoms with E-state index in [1.807, 2.05) is 38.1 Å². The maximum absolute atomic E-state index is 6.14. The predicted molar refractivity (Wildman–Crippen MR) is 112 cm³/mol. The Labute approximate surface area is 165 Å². The van der Waals surface area contributed by atoms with Crippen molar-refractivity contribution >= 4 is 17.7 Å². The number of anilines is 2. The van der Waals surface area contributed by atoms with Gasteiger partial charge in [0, 0.05) is 37.0 Å². The highest BCUT2D eigenvalue weighted by Crippen LogP contribution is 2.28. The molecule has 28 heavy (non-hydrogen) atoms. The average molecular weight is 379 g/mol. The third-order valence-electron chi connectivity index (χ3n) is 4.69. The van der Waals surface area contributed by atoms with Crippen LogP contribution in [0.3, 0.4) is 0 Å². The monoisotopic (exact) mass is 379 g/mol. The molecule has 0 radical (unpaired) electrons. The van der Waals surface area contributed by atoms with Crippen molar-refractivity contribution in [3.8, 4) is 17.3 Å². The summed E-state index contributed by atoms with van der Waals surface area (Å²) in [5, 5.41) is 4.54. The van der Waals surface area contributed by atoms with E-state index in [1.165, 1.54) is 0 Å². The fourth-order valence-corrected chi connectivity index (χ4v) is 3.31. The quantitative estimate of drug-likeness (QED) is 0.696. The van der Waals surface area contributed by atoms with Gasteiger partial charge < -0.3 is 15.4 Å². The van der Waals surface area contributed by atoms with E-state index in [1.54, 1.807) is 10.8 Å². The van der Waals surface area contributed by atoms with E-state index in [-0.39, 0.29) is 1.43 Å². The smallest absolute Gasteiger partial charge is 0.256 e. The molecule has 0 unspecified atom stereocenters. The van der Waals surface area contributed by atoms with Crippen molar-refractivity contribution < 1.29 is 6.16 Å². The van der Waals surface area contributed by atoms with E-state index in [0.29, 0.717) is 36.6 Å². The van der Waals surface area contributed by atoms with Crippen LogP contribution in [0.1, 0.15) is 18.4 Å². The zero-order valence-corrected chi connectivity index (χ0v) is 16.1. The molecule has 1 aliphatic heterocycles. The van der Waals surface area contributed by atoms with Crippen LogP contribution in [0.2, 0.25) is 0 Å². The molecule has 3 heterocycles. The van der Waals surface area contributed by atoms with Crippen molar-refractivity contribution in [2.24, 2.45) is 0 Å². The van der Waals surface area contributed by atoms with E-state index < -0.39 is 0 Å². The number of aromatic nitrogens is 5. The summed E-state index contributed by atoms with van der Waals surface area (Å²) >= 11 is 0. The molecule has 1 aliphatic rings. The number of nitrogen functional groups attached to an aromatic ring is 1. The van der Waals surface area contributed by atoms with Gasteiger partial charge in [0.15, 0.2) is 5.82 Å². The minimum Gasteiger partial charge on any atom is -0.398 e. The van der Waals surface area contributed by atoms with Gasteiger partial charge in [0.25, 0.3) is 5.95 Å². The fourth-order valence-electron chi connectivity index (χ4n) is 3.31. The molecule has 8 nitrogen and oxygen atoms in total. The second-order valence-corrected chi connectivity index (χ2v) is 6.71. The van der Waals surface area contributed by atoms with Crippen molar-refractivity contribution in [1.29, 1.82) is 0 Å². The lowest BCUT2D eigenvalue weighted by atomic mass is 10.0. The highest BCUT2D eigenvalue weighted by Gasteiger charge is 2.20. The van der Waals surface area contributed by atoms with Gasteiger partial charge in [-0.1, -0.05) is 24.8 Å². The van der Waals surface area contributed by atoms with Crippen molar-refractivity contribution in [1.82, 2.24) is 24.7 Å². The minimum atomic E-state index is 0. The molecule has 146 valence electrons. The number of aryl methyl sites for hydroxylation is 2. The molecule has 2 N–H and O–H groups in total. The van der Waals surface area contributed by atoms with Crippen molar-refractivity contribution in [3.05, 3.63) is 47.8 Å². The van der Waals surface area contributed by atoms with Crippen molar-refractivity contribution in [3.63, 3.8) is 0 Å². The Morgan fingerprint density at radius 3 is 2.57 bits per heavy atom. The van der Waals surface area contributed by atoms with Gasteiger partial charge in [-0.2, -0.15) is 20.1 Å². The first-order valence-electron chi connectivity index (χ1n) is 9.20. The molecule has 3 aromatic rings. The zero-order chi connectivity index (χ0) is 19.7. The standard InChI is InChI=1S/C20H23N7O.H2/c1-4-15-16(6-5-7-17(15)21)18-22-19(26-8-10-28-11-9-26)24-20(23-18)27-14(3)12-13(2)25-27;/h4-7,12H,1,8-11,21H2,2-3H3;1H. The van der Waals surface area contributed by atoms with E-state index >= 15 is 0 Å². The van der Waals surface area contributed by atoms with Crippen LogP contribution in [0.4, 0.5) is 11.6 Å². The van der Waals surface area contributed by atoms with Crippen LogP contribution in [0.25, 0.3) is 23.4 Å². The molecule has 0 spiro atoms. The summed E-state index contributed by atoms with van der Waals surface area (Å²) in [5.74, 6) is 1.63. The van der Waals surface area contributed by atoms with Crippen LogP contribution >= 0.6 is 0 Å². The second kappa shape index (κ2) is 7.40. The molecule has 1 saturated heterocycles. The van der Waals surface area contributed by atoms with Gasteiger partial charge in [-0.3, -0.25) is 0 Å². The molecule has 8 heteroatoms. The van der Waals surface area contributed by atoms with Crippen LogP contribution < -0.4 is 10.6 Å². The molecule has 0 atom stereocenters. The Hall–Kier alpha value is -3.26. The lowest BCUT2D eigenvalue weighted by molar-refractivity contribution is 0.122. The number of nitrogens with two attached hydrogens (primary N) is 1. The van der Waals surface area contributed by atoms with Crippen LogP contribution in [0.15, 0.2) is 30.8 Å². The Morgan fingerprint density at radius 1 is 1.14 bits per heavy atom. The molecular weight excluding hydrogens is 354 g/mol. The van der Waals surface area contributed by atoms with Gasteiger partial charge in [0.1, 0.15) is 0 Å². The number of hydrogen-bond acceptors (Lipinski definition) is 7. The third kappa shape index (κ3) is 3.34. The largest absolute Gasteiger partial charge is 0.398 e. The molecule has 2 aromatic heterocycles. The molecular formula is C20H25N7O. The molecule has 0 bridgehead atoms. The number of hydrogen-bond donors (Lipinski definition) is 1. The first-order chi connectivity index (χ1) is 13.6. The maximum atomic E-state index is 6.14. The van der Waals surface area contributed by atoms with Gasteiger partial charge in [0.2, 0.25) is 5.95 Å². The Bertz CT molecular complexity index is 1030. The summed E-state index contributed by atoms with van der Waals surface area (Å²) in [7, 11) is 0. The molecule has 1 aromatic carbocycles. The number of ether oxygens (including phenoxy) is 1.